The molecule has 4 aromatic rings. The monoisotopic (exact) mass is 583 g/mol. The van der Waals surface area contributed by atoms with Gasteiger partial charge in [-0.25, -0.2) is 4.79 Å². The number of hydrogen-bond donors (Lipinski definition) is 4. The summed E-state index contributed by atoms with van der Waals surface area (Å²) in [6.07, 6.45) is 4.43. The Bertz CT molecular complexity index is 1680. The zero-order valence-corrected chi connectivity index (χ0v) is 24.8. The van der Waals surface area contributed by atoms with Crippen molar-refractivity contribution in [2.75, 3.05) is 37.6 Å². The van der Waals surface area contributed by atoms with Crippen LogP contribution in [0.15, 0.2) is 53.1 Å². The van der Waals surface area contributed by atoms with Crippen LogP contribution in [0.2, 0.25) is 0 Å². The highest BCUT2D eigenvalue weighted by Crippen LogP contribution is 2.26. The van der Waals surface area contributed by atoms with Gasteiger partial charge in [0.15, 0.2) is 5.76 Å². The SMILES string of the molecule is CC(C)(C)OC(=O)NC(=N)NC(=O)c1cc2cc(N3CCN(CCCCc4c[nH]c5ccc(C#N)cc45)CC3)ccc2o1. The number of nitriles is 1. The Labute approximate surface area is 250 Å². The fourth-order valence-electron chi connectivity index (χ4n) is 5.29. The van der Waals surface area contributed by atoms with Crippen LogP contribution in [0.25, 0.3) is 21.9 Å². The Hall–Kier alpha value is -4.82. The van der Waals surface area contributed by atoms with E-state index in [1.165, 1.54) is 5.56 Å². The average Bonchev–Trinajstić information content (AvgIpc) is 3.58. The van der Waals surface area contributed by atoms with Crippen molar-refractivity contribution in [3.05, 3.63) is 65.5 Å². The van der Waals surface area contributed by atoms with Crippen molar-refractivity contribution in [1.29, 1.82) is 10.7 Å². The number of rotatable bonds is 7. The van der Waals surface area contributed by atoms with E-state index in [9.17, 15) is 14.9 Å². The van der Waals surface area contributed by atoms with Crippen LogP contribution in [0.4, 0.5) is 10.5 Å². The molecule has 0 saturated carbocycles. The van der Waals surface area contributed by atoms with Crippen LogP contribution < -0.4 is 15.5 Å². The lowest BCUT2D eigenvalue weighted by Crippen LogP contribution is -2.46. The van der Waals surface area contributed by atoms with E-state index in [0.717, 1.165) is 74.0 Å². The number of aromatic amines is 1. The van der Waals surface area contributed by atoms with Crippen molar-refractivity contribution in [2.24, 2.45) is 0 Å². The first-order chi connectivity index (χ1) is 20.6. The van der Waals surface area contributed by atoms with Crippen LogP contribution >= 0.6 is 0 Å². The molecule has 1 saturated heterocycles. The Balaban J connectivity index is 1.08. The molecule has 2 amide bonds. The maximum absolute atomic E-state index is 12.6. The Morgan fingerprint density at radius 2 is 1.86 bits per heavy atom. The second-order valence-electron chi connectivity index (χ2n) is 11.8. The molecule has 5 rings (SSSR count). The largest absolute Gasteiger partial charge is 0.451 e. The fourth-order valence-corrected chi connectivity index (χ4v) is 5.29. The smallest absolute Gasteiger partial charge is 0.414 e. The zero-order valence-electron chi connectivity index (χ0n) is 24.8. The van der Waals surface area contributed by atoms with Gasteiger partial charge in [-0.1, -0.05) is 0 Å². The van der Waals surface area contributed by atoms with Crippen LogP contribution in [0.5, 0.6) is 0 Å². The summed E-state index contributed by atoms with van der Waals surface area (Å²) in [6.45, 7) is 9.94. The summed E-state index contributed by atoms with van der Waals surface area (Å²) in [4.78, 5) is 32.6. The lowest BCUT2D eigenvalue weighted by Gasteiger charge is -2.36. The molecule has 11 nitrogen and oxygen atoms in total. The maximum atomic E-state index is 12.6. The summed E-state index contributed by atoms with van der Waals surface area (Å²) in [5, 5.41) is 23.5. The number of hydrogen-bond acceptors (Lipinski definition) is 8. The first kappa shape index (κ1) is 29.7. The molecule has 2 aromatic heterocycles. The van der Waals surface area contributed by atoms with Crippen molar-refractivity contribution < 1.29 is 18.7 Å². The number of carbonyl (C=O) groups is 2. The van der Waals surface area contributed by atoms with Gasteiger partial charge in [-0.15, -0.1) is 0 Å². The van der Waals surface area contributed by atoms with Crippen LogP contribution in [-0.2, 0) is 11.2 Å². The van der Waals surface area contributed by atoms with Crippen molar-refractivity contribution >= 4 is 45.5 Å². The van der Waals surface area contributed by atoms with Crippen molar-refractivity contribution in [3.63, 3.8) is 0 Å². The zero-order chi connectivity index (χ0) is 30.6. The molecular weight excluding hydrogens is 546 g/mol. The van der Waals surface area contributed by atoms with Crippen LogP contribution in [0.1, 0.15) is 55.3 Å². The number of benzene rings is 2. The third-order valence-electron chi connectivity index (χ3n) is 7.39. The van der Waals surface area contributed by atoms with Gasteiger partial charge in [-0.05, 0) is 94.6 Å². The lowest BCUT2D eigenvalue weighted by molar-refractivity contribution is 0.0561. The molecule has 43 heavy (non-hydrogen) atoms. The van der Waals surface area contributed by atoms with Gasteiger partial charge in [-0.3, -0.25) is 25.7 Å². The number of carbonyl (C=O) groups excluding carboxylic acids is 2. The van der Waals surface area contributed by atoms with Gasteiger partial charge in [0.2, 0.25) is 5.96 Å². The third-order valence-corrected chi connectivity index (χ3v) is 7.39. The van der Waals surface area contributed by atoms with Crippen molar-refractivity contribution in [3.8, 4) is 6.07 Å². The van der Waals surface area contributed by atoms with E-state index in [0.29, 0.717) is 11.1 Å². The van der Waals surface area contributed by atoms with Crippen LogP contribution in [0, 0.1) is 16.7 Å². The van der Waals surface area contributed by atoms with E-state index in [2.05, 4.69) is 37.7 Å². The molecule has 0 bridgehead atoms. The van der Waals surface area contributed by atoms with Gasteiger partial charge >= 0.3 is 6.09 Å². The quantitative estimate of drug-likeness (QED) is 0.134. The minimum Gasteiger partial charge on any atom is -0.451 e. The number of anilines is 1. The number of nitrogens with zero attached hydrogens (tertiary/aromatic N) is 3. The van der Waals surface area contributed by atoms with Gasteiger partial charge in [-0.2, -0.15) is 5.26 Å². The maximum Gasteiger partial charge on any atom is 0.414 e. The fraction of sp³-hybridized carbons (Fsp3) is 0.375. The minimum atomic E-state index is -0.825. The summed E-state index contributed by atoms with van der Waals surface area (Å²) < 4.78 is 10.8. The van der Waals surface area contributed by atoms with Crippen LogP contribution in [0.3, 0.4) is 0 Å². The Morgan fingerprint density at radius 3 is 2.60 bits per heavy atom. The molecule has 0 radical (unpaired) electrons. The molecule has 0 unspecified atom stereocenters. The molecule has 11 heteroatoms. The molecule has 4 N–H and O–H groups in total. The normalized spacial score (nSPS) is 14.0. The molecule has 0 spiro atoms. The number of piperazine rings is 1. The van der Waals surface area contributed by atoms with E-state index < -0.39 is 23.6 Å². The van der Waals surface area contributed by atoms with Crippen molar-refractivity contribution in [2.45, 2.75) is 45.6 Å². The number of fused-ring (bicyclic) bond motifs is 2. The van der Waals surface area contributed by atoms with Gasteiger partial charge in [0.1, 0.15) is 11.2 Å². The number of alkyl carbamates (subject to hydrolysis) is 1. The molecule has 2 aromatic carbocycles. The molecule has 3 heterocycles. The molecule has 0 atom stereocenters. The Morgan fingerprint density at radius 1 is 1.07 bits per heavy atom. The predicted octanol–water partition coefficient (Wildman–Crippen LogP) is 5.12. The first-order valence-electron chi connectivity index (χ1n) is 14.5. The standard InChI is InChI=1S/C32H37N7O4/c1-32(2,3)43-31(41)37-30(34)36-29(40)28-18-23-17-24(8-10-27(23)42-28)39-14-12-38(13-15-39)11-5-4-6-22-20-35-26-9-7-21(19-33)16-25(22)26/h7-10,16-18,20,35H,4-6,11-15H2,1-3H3,(H3,34,36,37,40,41). The first-order valence-corrected chi connectivity index (χ1v) is 14.5. The minimum absolute atomic E-state index is 0.0471. The summed E-state index contributed by atoms with van der Waals surface area (Å²) in [5.41, 5.74) is 3.94. The Kier molecular flexibility index (Phi) is 8.68. The molecule has 1 fully saturated rings. The highest BCUT2D eigenvalue weighted by atomic mass is 16.6. The van der Waals surface area contributed by atoms with E-state index in [4.69, 9.17) is 14.6 Å². The molecule has 1 aliphatic heterocycles. The van der Waals surface area contributed by atoms with E-state index in [1.807, 2.05) is 36.4 Å². The molecule has 0 aliphatic carbocycles. The molecule has 1 aliphatic rings. The lowest BCUT2D eigenvalue weighted by atomic mass is 10.1. The molecular formula is C32H37N7O4. The topological polar surface area (TPSA) is 150 Å². The van der Waals surface area contributed by atoms with E-state index in [1.54, 1.807) is 26.8 Å². The number of furan rings is 1. The summed E-state index contributed by atoms with van der Waals surface area (Å²) in [7, 11) is 0. The summed E-state index contributed by atoms with van der Waals surface area (Å²) >= 11 is 0. The second-order valence-corrected chi connectivity index (χ2v) is 11.8. The number of ether oxygens (including phenoxy) is 1. The number of H-pyrrole nitrogens is 1. The second kappa shape index (κ2) is 12.6. The number of aryl methyl sites for hydroxylation is 1. The van der Waals surface area contributed by atoms with Gasteiger partial charge in [0.05, 0.1) is 11.6 Å². The highest BCUT2D eigenvalue weighted by molar-refractivity contribution is 6.08. The number of amides is 2. The number of guanidine groups is 1. The third kappa shape index (κ3) is 7.53. The van der Waals surface area contributed by atoms with E-state index in [-0.39, 0.29) is 5.76 Å². The molecule has 224 valence electrons. The number of nitrogens with one attached hydrogen (secondary N) is 4. The summed E-state index contributed by atoms with van der Waals surface area (Å²) in [6, 6.07) is 15.5. The summed E-state index contributed by atoms with van der Waals surface area (Å²) in [5.74, 6) is -1.08. The number of aromatic nitrogens is 1. The van der Waals surface area contributed by atoms with Crippen molar-refractivity contribution in [1.82, 2.24) is 20.5 Å². The predicted molar refractivity (Wildman–Crippen MR) is 165 cm³/mol. The average molecular weight is 584 g/mol. The van der Waals surface area contributed by atoms with Crippen LogP contribution in [-0.4, -0.2) is 66.2 Å². The van der Waals surface area contributed by atoms with Gasteiger partial charge in [0.25, 0.3) is 5.91 Å². The number of unbranched alkanes of at least 4 members (excludes halogenated alkanes) is 1. The highest BCUT2D eigenvalue weighted by Gasteiger charge is 2.21. The van der Waals surface area contributed by atoms with Gasteiger partial charge in [0, 0.05) is 54.4 Å². The van der Waals surface area contributed by atoms with E-state index >= 15 is 0 Å². The van der Waals surface area contributed by atoms with Gasteiger partial charge < -0.3 is 19.0 Å².